The average molecular weight is 286 g/mol. The number of halogens is 1. The summed E-state index contributed by atoms with van der Waals surface area (Å²) in [7, 11) is 0. The number of hydrogen-bond donors (Lipinski definition) is 1. The quantitative estimate of drug-likeness (QED) is 0.489. The number of carbonyl (C=O) groups is 1. The van der Waals surface area contributed by atoms with Gasteiger partial charge in [0.15, 0.2) is 0 Å². The second kappa shape index (κ2) is 4.61. The molecule has 0 bridgehead atoms. The molecule has 0 radical (unpaired) electrons. The summed E-state index contributed by atoms with van der Waals surface area (Å²) in [4.78, 5) is 31.4. The van der Waals surface area contributed by atoms with Crippen molar-refractivity contribution < 1.29 is 9.72 Å². The van der Waals surface area contributed by atoms with E-state index in [1.54, 1.807) is 18.7 Å². The molecule has 1 N–H and O–H groups in total. The zero-order chi connectivity index (χ0) is 14.2. The molecule has 2 heterocycles. The monoisotopic (exact) mass is 285 g/mol. The number of piperazine rings is 1. The van der Waals surface area contributed by atoms with Gasteiger partial charge in [0.1, 0.15) is 11.7 Å². The van der Waals surface area contributed by atoms with Crippen LogP contribution in [0.3, 0.4) is 0 Å². The molecule has 0 unspecified atom stereocenters. The smallest absolute Gasteiger partial charge is 0.329 e. The van der Waals surface area contributed by atoms with Crippen LogP contribution in [0.1, 0.15) is 13.8 Å². The predicted molar refractivity (Wildman–Crippen MR) is 68.1 cm³/mol. The van der Waals surface area contributed by atoms with E-state index in [1.165, 1.54) is 0 Å². The van der Waals surface area contributed by atoms with Crippen LogP contribution in [-0.4, -0.2) is 39.4 Å². The second-order valence-corrected chi connectivity index (χ2v) is 4.91. The normalized spacial score (nSPS) is 18.1. The van der Waals surface area contributed by atoms with Gasteiger partial charge in [-0.15, -0.1) is 0 Å². The summed E-state index contributed by atoms with van der Waals surface area (Å²) < 4.78 is 0. The summed E-state index contributed by atoms with van der Waals surface area (Å²) in [5.74, 6) is -0.160. The van der Waals surface area contributed by atoms with E-state index < -0.39 is 10.5 Å². The van der Waals surface area contributed by atoms with E-state index >= 15 is 0 Å². The number of nitro groups is 1. The summed E-state index contributed by atoms with van der Waals surface area (Å²) >= 11 is 5.70. The highest BCUT2D eigenvalue weighted by Crippen LogP contribution is 2.32. The van der Waals surface area contributed by atoms with E-state index in [0.717, 1.165) is 6.20 Å². The fourth-order valence-corrected chi connectivity index (χ4v) is 2.07. The Hall–Kier alpha value is -1.96. The summed E-state index contributed by atoms with van der Waals surface area (Å²) in [6.07, 6.45) is 1.05. The maximum atomic E-state index is 11.9. The Balaban J connectivity index is 2.54. The molecule has 1 aliphatic heterocycles. The molecule has 2 rings (SSSR count). The van der Waals surface area contributed by atoms with E-state index in [4.69, 9.17) is 11.6 Å². The Morgan fingerprint density at radius 3 is 2.89 bits per heavy atom. The fourth-order valence-electron chi connectivity index (χ4n) is 1.94. The molecule has 0 saturated carbocycles. The molecule has 1 aromatic heterocycles. The van der Waals surface area contributed by atoms with Crippen LogP contribution >= 0.6 is 11.6 Å². The molecule has 9 heteroatoms. The molecular weight excluding hydrogens is 274 g/mol. The van der Waals surface area contributed by atoms with Crippen LogP contribution in [-0.2, 0) is 4.79 Å². The third-order valence-electron chi connectivity index (χ3n) is 3.02. The average Bonchev–Trinajstić information content (AvgIpc) is 2.32. The minimum absolute atomic E-state index is 0.0600. The Bertz CT molecular complexity index is 548. The van der Waals surface area contributed by atoms with Crippen molar-refractivity contribution in [3.63, 3.8) is 0 Å². The summed E-state index contributed by atoms with van der Waals surface area (Å²) in [6, 6.07) is 0. The zero-order valence-corrected chi connectivity index (χ0v) is 11.1. The highest BCUT2D eigenvalue weighted by Gasteiger charge is 2.41. The first-order valence-corrected chi connectivity index (χ1v) is 5.94. The van der Waals surface area contributed by atoms with Crippen molar-refractivity contribution >= 4 is 29.0 Å². The molecule has 0 spiro atoms. The second-order valence-electron chi connectivity index (χ2n) is 4.57. The number of rotatable bonds is 2. The van der Waals surface area contributed by atoms with Gasteiger partial charge in [-0.2, -0.15) is 4.98 Å². The van der Waals surface area contributed by atoms with Crippen molar-refractivity contribution in [3.05, 3.63) is 21.6 Å². The van der Waals surface area contributed by atoms with Gasteiger partial charge >= 0.3 is 5.69 Å². The topological polar surface area (TPSA) is 101 Å². The van der Waals surface area contributed by atoms with E-state index in [-0.39, 0.29) is 22.7 Å². The molecule has 1 fully saturated rings. The predicted octanol–water partition coefficient (Wildman–Crippen LogP) is 0.753. The molecule has 102 valence electrons. The van der Waals surface area contributed by atoms with Gasteiger partial charge in [-0.05, 0) is 25.4 Å². The Morgan fingerprint density at radius 1 is 1.58 bits per heavy atom. The van der Waals surface area contributed by atoms with Gasteiger partial charge < -0.3 is 10.2 Å². The number of amides is 1. The van der Waals surface area contributed by atoms with Crippen LogP contribution in [0.15, 0.2) is 6.20 Å². The van der Waals surface area contributed by atoms with Gasteiger partial charge in [-0.3, -0.25) is 14.9 Å². The Kier molecular flexibility index (Phi) is 3.27. The molecule has 1 aromatic rings. The summed E-state index contributed by atoms with van der Waals surface area (Å²) in [6.45, 7) is 4.14. The molecule has 0 aromatic carbocycles. The SMILES string of the molecule is CC1(C)C(=O)NCCN1c1nc(Cl)ncc1[N+](=O)[O-]. The first kappa shape index (κ1) is 13.5. The number of anilines is 1. The molecule has 8 nitrogen and oxygen atoms in total. The maximum Gasteiger partial charge on any atom is 0.329 e. The number of aromatic nitrogens is 2. The van der Waals surface area contributed by atoms with Crippen molar-refractivity contribution in [3.8, 4) is 0 Å². The number of nitrogens with zero attached hydrogens (tertiary/aromatic N) is 4. The van der Waals surface area contributed by atoms with Crippen molar-refractivity contribution in [2.75, 3.05) is 18.0 Å². The summed E-state index contributed by atoms with van der Waals surface area (Å²) in [5, 5.41) is 13.6. The molecule has 1 saturated heterocycles. The lowest BCUT2D eigenvalue weighted by Gasteiger charge is -2.41. The standard InChI is InChI=1S/C10H12ClN5O3/c1-10(2)8(17)12-3-4-15(10)7-6(16(18)19)5-13-9(11)14-7/h5H,3-4H2,1-2H3,(H,12,17). The van der Waals surface area contributed by atoms with Crippen molar-refractivity contribution in [2.24, 2.45) is 0 Å². The molecule has 19 heavy (non-hydrogen) atoms. The van der Waals surface area contributed by atoms with Crippen LogP contribution in [0.25, 0.3) is 0 Å². The molecule has 0 atom stereocenters. The van der Waals surface area contributed by atoms with Crippen LogP contribution < -0.4 is 10.2 Å². The van der Waals surface area contributed by atoms with Gasteiger partial charge in [0.25, 0.3) is 0 Å². The van der Waals surface area contributed by atoms with Crippen LogP contribution in [0.5, 0.6) is 0 Å². The lowest BCUT2D eigenvalue weighted by Crippen LogP contribution is -2.62. The van der Waals surface area contributed by atoms with Crippen molar-refractivity contribution in [1.29, 1.82) is 0 Å². The Morgan fingerprint density at radius 2 is 2.26 bits per heavy atom. The van der Waals surface area contributed by atoms with Gasteiger partial charge in [-0.1, -0.05) is 0 Å². The third-order valence-corrected chi connectivity index (χ3v) is 3.21. The molecule has 0 aliphatic carbocycles. The van der Waals surface area contributed by atoms with Crippen LogP contribution in [0, 0.1) is 10.1 Å². The number of hydrogen-bond acceptors (Lipinski definition) is 6. The lowest BCUT2D eigenvalue weighted by atomic mass is 9.99. The fraction of sp³-hybridized carbons (Fsp3) is 0.500. The molecule has 1 aliphatic rings. The van der Waals surface area contributed by atoms with Gasteiger partial charge in [-0.25, -0.2) is 4.98 Å². The van der Waals surface area contributed by atoms with Crippen LogP contribution in [0.2, 0.25) is 5.28 Å². The van der Waals surface area contributed by atoms with Gasteiger partial charge in [0.2, 0.25) is 17.0 Å². The number of carbonyl (C=O) groups excluding carboxylic acids is 1. The minimum Gasteiger partial charge on any atom is -0.352 e. The van der Waals surface area contributed by atoms with Gasteiger partial charge in [0.05, 0.1) is 4.92 Å². The van der Waals surface area contributed by atoms with E-state index in [1.807, 2.05) is 0 Å². The summed E-state index contributed by atoms with van der Waals surface area (Å²) in [5.41, 5.74) is -1.21. The maximum absolute atomic E-state index is 11.9. The zero-order valence-electron chi connectivity index (χ0n) is 10.4. The molecule has 1 amide bonds. The first-order chi connectivity index (χ1) is 8.84. The van der Waals surface area contributed by atoms with Crippen molar-refractivity contribution in [2.45, 2.75) is 19.4 Å². The van der Waals surface area contributed by atoms with Crippen LogP contribution in [0.4, 0.5) is 11.5 Å². The minimum atomic E-state index is -0.944. The lowest BCUT2D eigenvalue weighted by molar-refractivity contribution is -0.384. The number of nitrogens with one attached hydrogen (secondary N) is 1. The van der Waals surface area contributed by atoms with E-state index in [0.29, 0.717) is 13.1 Å². The highest BCUT2D eigenvalue weighted by molar-refractivity contribution is 6.28. The molecular formula is C10H12ClN5O3. The highest BCUT2D eigenvalue weighted by atomic mass is 35.5. The first-order valence-electron chi connectivity index (χ1n) is 5.57. The third kappa shape index (κ3) is 2.30. The van der Waals surface area contributed by atoms with E-state index in [9.17, 15) is 14.9 Å². The van der Waals surface area contributed by atoms with E-state index in [2.05, 4.69) is 15.3 Å². The van der Waals surface area contributed by atoms with Gasteiger partial charge in [0, 0.05) is 13.1 Å². The largest absolute Gasteiger partial charge is 0.352 e. The Labute approximate surface area is 113 Å². The van der Waals surface area contributed by atoms with Crippen molar-refractivity contribution in [1.82, 2.24) is 15.3 Å².